The van der Waals surface area contributed by atoms with Gasteiger partial charge in [0.1, 0.15) is 0 Å². The number of benzene rings is 3. The molecule has 0 aliphatic heterocycles. The number of aliphatic carboxylic acids is 1. The van der Waals surface area contributed by atoms with Crippen molar-refractivity contribution in [1.29, 1.82) is 0 Å². The van der Waals surface area contributed by atoms with E-state index in [9.17, 15) is 20.0 Å². The molecule has 0 fully saturated rings. The van der Waals surface area contributed by atoms with E-state index in [2.05, 4.69) is 0 Å². The van der Waals surface area contributed by atoms with Crippen LogP contribution in [0.5, 0.6) is 5.75 Å². The minimum absolute atomic E-state index is 0. The summed E-state index contributed by atoms with van der Waals surface area (Å²) >= 11 is 0. The van der Waals surface area contributed by atoms with Crippen LogP contribution < -0.4 is 34.7 Å². The Hall–Kier alpha value is -2.41. The Morgan fingerprint density at radius 3 is 2.16 bits per heavy atom. The van der Waals surface area contributed by atoms with Crippen LogP contribution >= 0.6 is 0 Å². The molecular formula is C18H14NNaO5. The number of nitrogens with zero attached hydrogens (tertiary/aromatic N) is 1. The van der Waals surface area contributed by atoms with Crippen molar-refractivity contribution >= 4 is 22.4 Å². The van der Waals surface area contributed by atoms with Gasteiger partial charge in [0.05, 0.1) is 11.3 Å². The molecule has 0 aromatic heterocycles. The van der Waals surface area contributed by atoms with Crippen molar-refractivity contribution in [2.24, 2.45) is 0 Å². The molecule has 0 amide bonds. The molecule has 0 radical (unpaired) electrons. The monoisotopic (exact) mass is 347 g/mol. The third kappa shape index (κ3) is 5.86. The van der Waals surface area contributed by atoms with E-state index in [1.165, 1.54) is 18.2 Å². The van der Waals surface area contributed by atoms with Crippen LogP contribution in [0, 0.1) is 10.1 Å². The van der Waals surface area contributed by atoms with Gasteiger partial charge in [-0.15, -0.1) is 0 Å². The summed E-state index contributed by atoms with van der Waals surface area (Å²) in [5, 5.41) is 31.5. The predicted molar refractivity (Wildman–Crippen MR) is 87.8 cm³/mol. The van der Waals surface area contributed by atoms with Crippen molar-refractivity contribution in [2.45, 2.75) is 6.42 Å². The maximum Gasteiger partial charge on any atom is 1.00 e. The summed E-state index contributed by atoms with van der Waals surface area (Å²) in [6.07, 6.45) is 0.0847. The van der Waals surface area contributed by atoms with Crippen molar-refractivity contribution in [3.8, 4) is 5.75 Å². The van der Waals surface area contributed by atoms with Crippen molar-refractivity contribution in [3.05, 3.63) is 82.4 Å². The van der Waals surface area contributed by atoms with Gasteiger partial charge < -0.3 is 10.2 Å². The maximum atomic E-state index is 10.6. The van der Waals surface area contributed by atoms with Crippen LogP contribution in [0.3, 0.4) is 0 Å². The van der Waals surface area contributed by atoms with Crippen LogP contribution in [0.2, 0.25) is 0 Å². The van der Waals surface area contributed by atoms with E-state index in [1.54, 1.807) is 0 Å². The molecule has 0 heterocycles. The van der Waals surface area contributed by atoms with E-state index in [-0.39, 0.29) is 41.7 Å². The zero-order valence-electron chi connectivity index (χ0n) is 13.6. The third-order valence-corrected chi connectivity index (χ3v) is 3.28. The standard InChI is InChI=1S/C12H10O2.C6H5NO3.Na/c13-12(14)8-10-6-3-5-9-4-1-2-7-11(9)10;8-6-4-2-1-3-5(6)7(9)10;/h1-7H,8H2,(H,13,14);1-4,8H;/q;;+1/p-1. The van der Waals surface area contributed by atoms with Crippen LogP contribution in [0.4, 0.5) is 5.69 Å². The quantitative estimate of drug-likeness (QED) is 0.412. The molecule has 0 saturated heterocycles. The molecule has 3 rings (SSSR count). The molecule has 25 heavy (non-hydrogen) atoms. The number of hydrogen-bond donors (Lipinski definition) is 1. The molecule has 0 aliphatic rings. The van der Waals surface area contributed by atoms with Crippen LogP contribution in [-0.4, -0.2) is 16.0 Å². The van der Waals surface area contributed by atoms with E-state index in [4.69, 9.17) is 5.11 Å². The van der Waals surface area contributed by atoms with Gasteiger partial charge in [0.25, 0.3) is 5.69 Å². The van der Waals surface area contributed by atoms with Gasteiger partial charge in [0.2, 0.25) is 0 Å². The zero-order valence-corrected chi connectivity index (χ0v) is 15.6. The molecule has 0 bridgehead atoms. The fourth-order valence-corrected chi connectivity index (χ4v) is 2.22. The van der Waals surface area contributed by atoms with Crippen molar-refractivity contribution in [2.75, 3.05) is 0 Å². The van der Waals surface area contributed by atoms with Crippen LogP contribution in [-0.2, 0) is 11.2 Å². The number of carbonyl (C=O) groups is 1. The molecule has 0 saturated carbocycles. The smallest absolute Gasteiger partial charge is 0.868 e. The van der Waals surface area contributed by atoms with Crippen LogP contribution in [0.1, 0.15) is 5.56 Å². The van der Waals surface area contributed by atoms with Gasteiger partial charge in [0, 0.05) is 6.07 Å². The van der Waals surface area contributed by atoms with Crippen LogP contribution in [0.25, 0.3) is 10.8 Å². The Kier molecular flexibility index (Phi) is 8.07. The second-order valence-corrected chi connectivity index (χ2v) is 4.93. The SMILES string of the molecule is O=C(O)Cc1cccc2ccccc12.O=[N+]([O-])c1ccccc1[O-].[Na+]. The Labute approximate surface area is 166 Å². The van der Waals surface area contributed by atoms with E-state index in [1.807, 2.05) is 42.5 Å². The summed E-state index contributed by atoms with van der Waals surface area (Å²) in [6.45, 7) is 0. The van der Waals surface area contributed by atoms with Crippen molar-refractivity contribution in [3.63, 3.8) is 0 Å². The molecule has 7 heteroatoms. The summed E-state index contributed by atoms with van der Waals surface area (Å²) in [6, 6.07) is 18.8. The summed E-state index contributed by atoms with van der Waals surface area (Å²) in [5.74, 6) is -1.34. The van der Waals surface area contributed by atoms with E-state index in [0.717, 1.165) is 22.4 Å². The summed E-state index contributed by atoms with van der Waals surface area (Å²) in [5.41, 5.74) is 0.498. The number of carboxylic acids is 1. The first-order chi connectivity index (χ1) is 11.5. The second kappa shape index (κ2) is 9.78. The Morgan fingerprint density at radius 1 is 0.960 bits per heavy atom. The predicted octanol–water partition coefficient (Wildman–Crippen LogP) is 0.139. The topological polar surface area (TPSA) is 104 Å². The largest absolute Gasteiger partial charge is 1.00 e. The maximum absolute atomic E-state index is 10.6. The van der Waals surface area contributed by atoms with E-state index < -0.39 is 16.6 Å². The van der Waals surface area contributed by atoms with Gasteiger partial charge >= 0.3 is 35.5 Å². The summed E-state index contributed by atoms with van der Waals surface area (Å²) in [7, 11) is 0. The Bertz CT molecular complexity index is 877. The molecule has 3 aromatic carbocycles. The normalized spacial score (nSPS) is 9.44. The summed E-state index contributed by atoms with van der Waals surface area (Å²) < 4.78 is 0. The van der Waals surface area contributed by atoms with Crippen molar-refractivity contribution in [1.82, 2.24) is 0 Å². The molecule has 0 spiro atoms. The molecule has 0 atom stereocenters. The van der Waals surface area contributed by atoms with Gasteiger partial charge in [-0.05, 0) is 22.1 Å². The number of nitro groups is 1. The Morgan fingerprint density at radius 2 is 1.56 bits per heavy atom. The molecule has 3 aromatic rings. The van der Waals surface area contributed by atoms with Crippen molar-refractivity contribution < 1.29 is 49.5 Å². The van der Waals surface area contributed by atoms with Gasteiger partial charge in [-0.3, -0.25) is 14.9 Å². The number of fused-ring (bicyclic) bond motifs is 1. The van der Waals surface area contributed by atoms with E-state index >= 15 is 0 Å². The van der Waals surface area contributed by atoms with Crippen LogP contribution in [0.15, 0.2) is 66.7 Å². The third-order valence-electron chi connectivity index (χ3n) is 3.28. The fourth-order valence-electron chi connectivity index (χ4n) is 2.22. The average molecular weight is 347 g/mol. The number of nitro benzene ring substituents is 1. The average Bonchev–Trinajstić information content (AvgIpc) is 2.55. The minimum atomic E-state index is -0.790. The van der Waals surface area contributed by atoms with Gasteiger partial charge in [-0.25, -0.2) is 0 Å². The van der Waals surface area contributed by atoms with Gasteiger partial charge in [0.15, 0.2) is 0 Å². The summed E-state index contributed by atoms with van der Waals surface area (Å²) in [4.78, 5) is 19.9. The zero-order chi connectivity index (χ0) is 17.5. The number of carboxylic acid groups (broad SMARTS) is 1. The van der Waals surface area contributed by atoms with Gasteiger partial charge in [-0.1, -0.05) is 60.7 Å². The number of hydrogen-bond acceptors (Lipinski definition) is 4. The first-order valence-corrected chi connectivity index (χ1v) is 7.08. The van der Waals surface area contributed by atoms with E-state index in [0.29, 0.717) is 0 Å². The first-order valence-electron chi connectivity index (χ1n) is 7.08. The number of para-hydroxylation sites is 2. The minimum Gasteiger partial charge on any atom is -0.868 e. The second-order valence-electron chi connectivity index (χ2n) is 4.93. The Balaban J connectivity index is 0.000000254. The molecule has 0 aliphatic carbocycles. The molecular weight excluding hydrogens is 333 g/mol. The molecule has 122 valence electrons. The number of rotatable bonds is 3. The molecule has 6 nitrogen and oxygen atoms in total. The molecule has 1 N–H and O–H groups in total. The fraction of sp³-hybridized carbons (Fsp3) is 0.0556. The van der Waals surface area contributed by atoms with Gasteiger partial charge in [-0.2, -0.15) is 0 Å². The first kappa shape index (κ1) is 20.6. The molecule has 0 unspecified atom stereocenters.